The highest BCUT2D eigenvalue weighted by Crippen LogP contribution is 2.21. The normalized spacial score (nSPS) is 9.28. The highest BCUT2D eigenvalue weighted by molar-refractivity contribution is 6.30. The number of methoxy groups -OCH3 is 2. The van der Waals surface area contributed by atoms with Gasteiger partial charge in [-0.3, -0.25) is 4.79 Å². The fourth-order valence-electron chi connectivity index (χ4n) is 1.36. The molecule has 0 bridgehead atoms. The molecule has 1 aromatic rings. The summed E-state index contributed by atoms with van der Waals surface area (Å²) in [5.41, 5.74) is 0.753. The van der Waals surface area contributed by atoms with Crippen molar-refractivity contribution in [2.75, 3.05) is 14.2 Å². The Morgan fingerprint density at radius 1 is 1.39 bits per heavy atom. The zero-order valence-electron chi connectivity index (χ0n) is 10.5. The summed E-state index contributed by atoms with van der Waals surface area (Å²) >= 11 is 5.89. The van der Waals surface area contributed by atoms with Crippen LogP contribution < -0.4 is 4.74 Å². The minimum absolute atomic E-state index is 0.211. The van der Waals surface area contributed by atoms with Crippen molar-refractivity contribution in [2.45, 2.75) is 19.3 Å². The van der Waals surface area contributed by atoms with Crippen molar-refractivity contribution in [1.82, 2.24) is 0 Å². The van der Waals surface area contributed by atoms with Crippen LogP contribution in [0.25, 0.3) is 0 Å². The highest BCUT2D eigenvalue weighted by Gasteiger charge is 2.00. The first-order valence-corrected chi connectivity index (χ1v) is 5.94. The van der Waals surface area contributed by atoms with Crippen LogP contribution in [0.5, 0.6) is 5.75 Å². The molecular formula is C14H15ClO3. The Kier molecular flexibility index (Phi) is 6.10. The predicted octanol–water partition coefficient (Wildman–Crippen LogP) is 3.04. The summed E-state index contributed by atoms with van der Waals surface area (Å²) < 4.78 is 9.72. The molecule has 0 aliphatic heterocycles. The van der Waals surface area contributed by atoms with E-state index >= 15 is 0 Å². The van der Waals surface area contributed by atoms with E-state index in [9.17, 15) is 4.79 Å². The third kappa shape index (κ3) is 4.68. The molecule has 0 aromatic heterocycles. The smallest absolute Gasteiger partial charge is 0.305 e. The molecule has 0 saturated carbocycles. The molecule has 18 heavy (non-hydrogen) atoms. The van der Waals surface area contributed by atoms with Crippen molar-refractivity contribution < 1.29 is 14.3 Å². The first kappa shape index (κ1) is 14.4. The Morgan fingerprint density at radius 3 is 2.83 bits per heavy atom. The second-order valence-electron chi connectivity index (χ2n) is 3.58. The molecule has 1 aromatic carbocycles. The van der Waals surface area contributed by atoms with Gasteiger partial charge in [0.15, 0.2) is 0 Å². The lowest BCUT2D eigenvalue weighted by Crippen LogP contribution is -1.98. The van der Waals surface area contributed by atoms with Crippen LogP contribution in [-0.4, -0.2) is 20.2 Å². The van der Waals surface area contributed by atoms with Crippen LogP contribution in [0, 0.1) is 11.8 Å². The fraction of sp³-hybridized carbons (Fsp3) is 0.357. The monoisotopic (exact) mass is 266 g/mol. The lowest BCUT2D eigenvalue weighted by molar-refractivity contribution is -0.140. The summed E-state index contributed by atoms with van der Waals surface area (Å²) in [6, 6.07) is 5.29. The Morgan fingerprint density at radius 2 is 2.17 bits per heavy atom. The SMILES string of the molecule is COC(=O)CCCC#Cc1cc(Cl)ccc1OC. The number of esters is 1. The fourth-order valence-corrected chi connectivity index (χ4v) is 1.53. The van der Waals surface area contributed by atoms with Crippen LogP contribution in [-0.2, 0) is 9.53 Å². The average molecular weight is 267 g/mol. The van der Waals surface area contributed by atoms with Gasteiger partial charge in [-0.05, 0) is 24.6 Å². The van der Waals surface area contributed by atoms with Gasteiger partial charge in [0.1, 0.15) is 5.75 Å². The van der Waals surface area contributed by atoms with E-state index < -0.39 is 0 Å². The molecule has 0 aliphatic carbocycles. The van der Waals surface area contributed by atoms with E-state index in [0.29, 0.717) is 30.0 Å². The van der Waals surface area contributed by atoms with Gasteiger partial charge in [0.2, 0.25) is 0 Å². The molecule has 0 fully saturated rings. The number of halogens is 1. The highest BCUT2D eigenvalue weighted by atomic mass is 35.5. The number of carbonyl (C=O) groups excluding carboxylic acids is 1. The predicted molar refractivity (Wildman–Crippen MR) is 70.7 cm³/mol. The van der Waals surface area contributed by atoms with Gasteiger partial charge in [-0.1, -0.05) is 23.4 Å². The van der Waals surface area contributed by atoms with Crippen molar-refractivity contribution >= 4 is 17.6 Å². The summed E-state index contributed by atoms with van der Waals surface area (Å²) in [5.74, 6) is 6.46. The number of rotatable bonds is 4. The number of hydrogen-bond acceptors (Lipinski definition) is 3. The molecule has 0 unspecified atom stereocenters. The molecule has 0 heterocycles. The third-order valence-corrected chi connectivity index (χ3v) is 2.53. The molecule has 0 radical (unpaired) electrons. The maximum absolute atomic E-state index is 10.9. The molecule has 4 heteroatoms. The summed E-state index contributed by atoms with van der Waals surface area (Å²) in [6.45, 7) is 0. The first-order valence-electron chi connectivity index (χ1n) is 5.56. The number of ether oxygens (including phenoxy) is 2. The zero-order valence-corrected chi connectivity index (χ0v) is 11.2. The summed E-state index contributed by atoms with van der Waals surface area (Å²) in [4.78, 5) is 10.9. The van der Waals surface area contributed by atoms with Gasteiger partial charge in [-0.2, -0.15) is 0 Å². The van der Waals surface area contributed by atoms with E-state index in [-0.39, 0.29) is 5.97 Å². The van der Waals surface area contributed by atoms with Gasteiger partial charge in [-0.15, -0.1) is 0 Å². The van der Waals surface area contributed by atoms with Crippen molar-refractivity contribution in [3.05, 3.63) is 28.8 Å². The third-order valence-electron chi connectivity index (χ3n) is 2.29. The molecule has 0 atom stereocenters. The van der Waals surface area contributed by atoms with E-state index in [4.69, 9.17) is 16.3 Å². The maximum atomic E-state index is 10.9. The van der Waals surface area contributed by atoms with E-state index in [1.807, 2.05) is 0 Å². The van der Waals surface area contributed by atoms with Crippen LogP contribution in [0.3, 0.4) is 0 Å². The van der Waals surface area contributed by atoms with Gasteiger partial charge >= 0.3 is 5.97 Å². The van der Waals surface area contributed by atoms with E-state index in [1.165, 1.54) is 7.11 Å². The van der Waals surface area contributed by atoms with Crippen molar-refractivity contribution in [2.24, 2.45) is 0 Å². The first-order chi connectivity index (χ1) is 8.67. The summed E-state index contributed by atoms with van der Waals surface area (Å²) in [5, 5.41) is 0.620. The number of carbonyl (C=O) groups is 1. The molecule has 0 aliphatic rings. The van der Waals surface area contributed by atoms with Gasteiger partial charge in [0.25, 0.3) is 0 Å². The van der Waals surface area contributed by atoms with Gasteiger partial charge in [-0.25, -0.2) is 0 Å². The second-order valence-corrected chi connectivity index (χ2v) is 4.01. The molecule has 3 nitrogen and oxygen atoms in total. The quantitative estimate of drug-likeness (QED) is 0.477. The van der Waals surface area contributed by atoms with Crippen LogP contribution in [0.4, 0.5) is 0 Å². The van der Waals surface area contributed by atoms with Crippen LogP contribution in [0.15, 0.2) is 18.2 Å². The zero-order chi connectivity index (χ0) is 13.4. The average Bonchev–Trinajstić information content (AvgIpc) is 2.38. The Bertz CT molecular complexity index is 472. The summed E-state index contributed by atoms with van der Waals surface area (Å²) in [7, 11) is 2.97. The van der Waals surface area contributed by atoms with Crippen LogP contribution in [0.1, 0.15) is 24.8 Å². The van der Waals surface area contributed by atoms with E-state index in [1.54, 1.807) is 25.3 Å². The molecule has 96 valence electrons. The van der Waals surface area contributed by atoms with Crippen molar-refractivity contribution in [1.29, 1.82) is 0 Å². The van der Waals surface area contributed by atoms with Gasteiger partial charge in [0.05, 0.1) is 19.8 Å². The molecule has 1 rings (SSSR count). The van der Waals surface area contributed by atoms with E-state index in [2.05, 4.69) is 16.6 Å². The Hall–Kier alpha value is -1.66. The van der Waals surface area contributed by atoms with Crippen LogP contribution >= 0.6 is 11.6 Å². The van der Waals surface area contributed by atoms with Gasteiger partial charge < -0.3 is 9.47 Å². The number of unbranched alkanes of at least 4 members (excludes halogenated alkanes) is 1. The number of hydrogen-bond donors (Lipinski definition) is 0. The lowest BCUT2D eigenvalue weighted by Gasteiger charge is -2.02. The Labute approximate surface area is 112 Å². The lowest BCUT2D eigenvalue weighted by atomic mass is 10.2. The van der Waals surface area contributed by atoms with Crippen molar-refractivity contribution in [3.8, 4) is 17.6 Å². The molecule has 0 spiro atoms. The molecule has 0 amide bonds. The van der Waals surface area contributed by atoms with Crippen molar-refractivity contribution in [3.63, 3.8) is 0 Å². The number of benzene rings is 1. The molecular weight excluding hydrogens is 252 g/mol. The molecule has 0 saturated heterocycles. The summed E-state index contributed by atoms with van der Waals surface area (Å²) in [6.07, 6.45) is 1.70. The topological polar surface area (TPSA) is 35.5 Å². The van der Waals surface area contributed by atoms with Crippen LogP contribution in [0.2, 0.25) is 5.02 Å². The largest absolute Gasteiger partial charge is 0.495 e. The van der Waals surface area contributed by atoms with E-state index in [0.717, 1.165) is 5.56 Å². The minimum atomic E-state index is -0.211. The minimum Gasteiger partial charge on any atom is -0.495 e. The second kappa shape index (κ2) is 7.62. The molecule has 0 N–H and O–H groups in total. The van der Waals surface area contributed by atoms with Gasteiger partial charge in [0, 0.05) is 17.9 Å². The maximum Gasteiger partial charge on any atom is 0.305 e. The Balaban J connectivity index is 2.57. The standard InChI is InChI=1S/C14H15ClO3/c1-17-13-9-8-12(15)10-11(13)6-4-3-5-7-14(16)18-2/h8-10H,3,5,7H2,1-2H3.